The summed E-state index contributed by atoms with van der Waals surface area (Å²) >= 11 is 0. The summed E-state index contributed by atoms with van der Waals surface area (Å²) in [6.45, 7) is 3.43. The predicted molar refractivity (Wildman–Crippen MR) is 91.2 cm³/mol. The quantitative estimate of drug-likeness (QED) is 0.880. The molecule has 0 radical (unpaired) electrons. The molecule has 0 saturated carbocycles. The number of methoxy groups -OCH3 is 2. The summed E-state index contributed by atoms with van der Waals surface area (Å²) in [5, 5.41) is 12.2. The molecule has 0 saturated heterocycles. The van der Waals surface area contributed by atoms with Crippen molar-refractivity contribution in [2.45, 2.75) is 19.4 Å². The van der Waals surface area contributed by atoms with Crippen molar-refractivity contribution in [2.75, 3.05) is 27.4 Å². The van der Waals surface area contributed by atoms with Crippen LogP contribution in [0.25, 0.3) is 0 Å². The van der Waals surface area contributed by atoms with Crippen LogP contribution in [-0.4, -0.2) is 32.5 Å². The minimum Gasteiger partial charge on any atom is -0.504 e. The first-order valence-electron chi connectivity index (χ1n) is 8.21. The summed E-state index contributed by atoms with van der Waals surface area (Å²) in [5.74, 6) is 2.19. The first-order valence-corrected chi connectivity index (χ1v) is 8.21. The maximum absolute atomic E-state index is 9.94. The molecule has 0 amide bonds. The summed E-state index contributed by atoms with van der Waals surface area (Å²) in [7, 11) is 3.31. The highest BCUT2D eigenvalue weighted by atomic mass is 16.5. The Kier molecular flexibility index (Phi) is 4.81. The van der Waals surface area contributed by atoms with E-state index in [1.54, 1.807) is 20.3 Å². The van der Waals surface area contributed by atoms with Crippen LogP contribution < -0.4 is 19.5 Å². The average molecular weight is 330 g/mol. The molecule has 1 aliphatic rings. The minimum absolute atomic E-state index is 0.147. The Hall–Kier alpha value is -2.40. The second-order valence-corrected chi connectivity index (χ2v) is 5.82. The molecule has 128 valence electrons. The van der Waals surface area contributed by atoms with Crippen molar-refractivity contribution in [1.82, 2.24) is 0 Å². The number of aromatic hydroxyl groups is 1. The van der Waals surface area contributed by atoms with Gasteiger partial charge in [-0.25, -0.2) is 0 Å². The van der Waals surface area contributed by atoms with E-state index in [-0.39, 0.29) is 11.8 Å². The molecular formula is C19H24NO4+. The van der Waals surface area contributed by atoms with Crippen LogP contribution in [0.3, 0.4) is 0 Å². The molecule has 3 N–H and O–H groups in total. The lowest BCUT2D eigenvalue weighted by Crippen LogP contribution is -2.87. The van der Waals surface area contributed by atoms with Gasteiger partial charge in [-0.3, -0.25) is 0 Å². The fraction of sp³-hybridized carbons (Fsp3) is 0.368. The Balaban J connectivity index is 2.04. The Morgan fingerprint density at radius 1 is 1.08 bits per heavy atom. The summed E-state index contributed by atoms with van der Waals surface area (Å²) in [4.78, 5) is 0. The van der Waals surface area contributed by atoms with Gasteiger partial charge in [0, 0.05) is 17.5 Å². The van der Waals surface area contributed by atoms with Crippen molar-refractivity contribution in [1.29, 1.82) is 0 Å². The van der Waals surface area contributed by atoms with E-state index >= 15 is 0 Å². The zero-order valence-electron chi connectivity index (χ0n) is 14.3. The van der Waals surface area contributed by atoms with Crippen LogP contribution in [-0.2, 0) is 6.42 Å². The third-order valence-corrected chi connectivity index (χ3v) is 4.44. The van der Waals surface area contributed by atoms with Gasteiger partial charge < -0.3 is 24.6 Å². The van der Waals surface area contributed by atoms with Gasteiger partial charge in [0.2, 0.25) is 0 Å². The molecule has 24 heavy (non-hydrogen) atoms. The van der Waals surface area contributed by atoms with Gasteiger partial charge in [-0.1, -0.05) is 0 Å². The Morgan fingerprint density at radius 2 is 1.83 bits per heavy atom. The van der Waals surface area contributed by atoms with Gasteiger partial charge in [0.25, 0.3) is 0 Å². The zero-order valence-corrected chi connectivity index (χ0v) is 14.3. The third-order valence-electron chi connectivity index (χ3n) is 4.44. The number of hydrogen-bond acceptors (Lipinski definition) is 4. The Bertz CT molecular complexity index is 730. The predicted octanol–water partition coefficient (Wildman–Crippen LogP) is 2.02. The van der Waals surface area contributed by atoms with Gasteiger partial charge >= 0.3 is 0 Å². The third kappa shape index (κ3) is 2.99. The molecule has 0 aliphatic carbocycles. The molecule has 5 heteroatoms. The molecule has 1 aliphatic heterocycles. The number of benzene rings is 2. The van der Waals surface area contributed by atoms with Gasteiger partial charge in [-0.2, -0.15) is 0 Å². The smallest absolute Gasteiger partial charge is 0.161 e. The van der Waals surface area contributed by atoms with E-state index in [9.17, 15) is 5.11 Å². The highest BCUT2D eigenvalue weighted by Crippen LogP contribution is 2.37. The molecule has 0 bridgehead atoms. The molecule has 0 unspecified atom stereocenters. The van der Waals surface area contributed by atoms with Crippen molar-refractivity contribution < 1.29 is 24.6 Å². The first-order chi connectivity index (χ1) is 11.7. The molecule has 2 aromatic rings. The van der Waals surface area contributed by atoms with Crippen LogP contribution in [0.5, 0.6) is 23.0 Å². The monoisotopic (exact) mass is 330 g/mol. The van der Waals surface area contributed by atoms with Crippen LogP contribution in [0, 0.1) is 0 Å². The number of hydrogen-bond donors (Lipinski definition) is 2. The van der Waals surface area contributed by atoms with E-state index < -0.39 is 0 Å². The van der Waals surface area contributed by atoms with Crippen molar-refractivity contribution in [3.63, 3.8) is 0 Å². The Labute approximate surface area is 142 Å². The lowest BCUT2D eigenvalue weighted by Gasteiger charge is -2.26. The molecule has 0 aromatic heterocycles. The molecule has 5 nitrogen and oxygen atoms in total. The first kappa shape index (κ1) is 16.5. The van der Waals surface area contributed by atoms with Gasteiger partial charge in [0.15, 0.2) is 23.0 Å². The second kappa shape index (κ2) is 7.01. The number of phenols is 1. The van der Waals surface area contributed by atoms with Crippen molar-refractivity contribution >= 4 is 0 Å². The lowest BCUT2D eigenvalue weighted by atomic mass is 9.89. The van der Waals surface area contributed by atoms with Gasteiger partial charge in [-0.05, 0) is 42.8 Å². The van der Waals surface area contributed by atoms with E-state index in [0.29, 0.717) is 12.4 Å². The minimum atomic E-state index is 0.147. The maximum atomic E-state index is 9.94. The van der Waals surface area contributed by atoms with Crippen LogP contribution in [0.4, 0.5) is 0 Å². The standard InChI is InChI=1S/C19H23NO4/c1-4-24-16-10-13(5-6-15(16)21)19-14-11-18(23-3)17(22-2)9-12(14)7-8-20-19/h5-6,9-11,19-21H,4,7-8H2,1-3H3/p+1/t19-/m1/s1. The molecule has 2 aromatic carbocycles. The maximum Gasteiger partial charge on any atom is 0.161 e. The number of ether oxygens (including phenoxy) is 3. The van der Waals surface area contributed by atoms with Crippen LogP contribution >= 0.6 is 0 Å². The molecule has 0 fully saturated rings. The molecule has 1 heterocycles. The fourth-order valence-electron chi connectivity index (χ4n) is 3.29. The van der Waals surface area contributed by atoms with Crippen LogP contribution in [0.2, 0.25) is 0 Å². The number of quaternary nitrogens is 1. The van der Waals surface area contributed by atoms with E-state index in [1.165, 1.54) is 11.1 Å². The fourth-order valence-corrected chi connectivity index (χ4v) is 3.29. The molecule has 1 atom stereocenters. The summed E-state index contributed by atoms with van der Waals surface area (Å²) < 4.78 is 16.4. The summed E-state index contributed by atoms with van der Waals surface area (Å²) in [6.07, 6.45) is 0.989. The van der Waals surface area contributed by atoms with Gasteiger partial charge in [0.05, 0.1) is 27.4 Å². The van der Waals surface area contributed by atoms with E-state index in [0.717, 1.165) is 30.0 Å². The molecule has 0 spiro atoms. The van der Waals surface area contributed by atoms with E-state index in [2.05, 4.69) is 17.4 Å². The average Bonchev–Trinajstić information content (AvgIpc) is 2.62. The summed E-state index contributed by atoms with van der Waals surface area (Å²) in [5.41, 5.74) is 3.59. The SMILES string of the molecule is CCOc1cc([C@H]2[NH2+]CCc3cc(OC)c(OC)cc32)ccc1O. The van der Waals surface area contributed by atoms with E-state index in [4.69, 9.17) is 14.2 Å². The molecule has 3 rings (SSSR count). The van der Waals surface area contributed by atoms with E-state index in [1.807, 2.05) is 19.1 Å². The largest absolute Gasteiger partial charge is 0.504 e. The highest BCUT2D eigenvalue weighted by Gasteiger charge is 2.27. The topological polar surface area (TPSA) is 64.5 Å². The number of rotatable bonds is 5. The van der Waals surface area contributed by atoms with Gasteiger partial charge in [0.1, 0.15) is 6.04 Å². The number of nitrogens with two attached hydrogens (primary N) is 1. The number of phenolic OH excluding ortho intramolecular Hbond substituents is 1. The summed E-state index contributed by atoms with van der Waals surface area (Å²) in [6, 6.07) is 9.84. The molecular weight excluding hydrogens is 306 g/mol. The highest BCUT2D eigenvalue weighted by molar-refractivity contribution is 5.52. The van der Waals surface area contributed by atoms with Gasteiger partial charge in [-0.15, -0.1) is 0 Å². The van der Waals surface area contributed by atoms with Crippen molar-refractivity contribution in [3.8, 4) is 23.0 Å². The zero-order chi connectivity index (χ0) is 17.1. The Morgan fingerprint density at radius 3 is 2.54 bits per heavy atom. The van der Waals surface area contributed by atoms with Crippen molar-refractivity contribution in [2.24, 2.45) is 0 Å². The van der Waals surface area contributed by atoms with Crippen LogP contribution in [0.1, 0.15) is 29.7 Å². The van der Waals surface area contributed by atoms with Crippen LogP contribution in [0.15, 0.2) is 30.3 Å². The number of fused-ring (bicyclic) bond motifs is 1. The van der Waals surface area contributed by atoms with Crippen molar-refractivity contribution in [3.05, 3.63) is 47.0 Å². The normalized spacial score (nSPS) is 16.4. The second-order valence-electron chi connectivity index (χ2n) is 5.82. The lowest BCUT2D eigenvalue weighted by molar-refractivity contribution is -0.690.